The first-order valence-corrected chi connectivity index (χ1v) is 7.27. The third kappa shape index (κ3) is 4.48. The highest BCUT2D eigenvalue weighted by molar-refractivity contribution is 7.80. The van der Waals surface area contributed by atoms with Gasteiger partial charge in [0.1, 0.15) is 0 Å². The Hall–Kier alpha value is -1.13. The van der Waals surface area contributed by atoms with Crippen molar-refractivity contribution >= 4 is 23.0 Å². The Morgan fingerprint density at radius 3 is 2.53 bits per heavy atom. The minimum Gasteiger partial charge on any atom is -0.362 e. The summed E-state index contributed by atoms with van der Waals surface area (Å²) in [6.45, 7) is 5.64. The third-order valence-electron chi connectivity index (χ3n) is 3.90. The van der Waals surface area contributed by atoms with E-state index in [-0.39, 0.29) is 0 Å². The zero-order chi connectivity index (χ0) is 13.7. The maximum absolute atomic E-state index is 5.34. The molecule has 104 valence electrons. The molecule has 0 spiro atoms. The molecule has 1 aliphatic heterocycles. The monoisotopic (exact) mass is 277 g/mol. The van der Waals surface area contributed by atoms with E-state index in [1.165, 1.54) is 25.9 Å². The molecule has 1 heterocycles. The zero-order valence-electron chi connectivity index (χ0n) is 11.8. The first kappa shape index (κ1) is 14.3. The number of likely N-dealkylation sites (tertiary alicyclic amines) is 1. The Bertz CT molecular complexity index is 411. The van der Waals surface area contributed by atoms with Crippen LogP contribution in [-0.4, -0.2) is 36.7 Å². The van der Waals surface area contributed by atoms with Crippen LogP contribution in [0, 0.1) is 5.41 Å². The number of hydrogen-bond acceptors (Lipinski definition) is 2. The summed E-state index contributed by atoms with van der Waals surface area (Å²) < 4.78 is 0. The highest BCUT2D eigenvalue weighted by Crippen LogP contribution is 2.29. The fourth-order valence-electron chi connectivity index (χ4n) is 2.33. The van der Waals surface area contributed by atoms with Crippen molar-refractivity contribution in [1.29, 1.82) is 0 Å². The van der Waals surface area contributed by atoms with Crippen LogP contribution in [0.5, 0.6) is 0 Å². The fourth-order valence-corrected chi connectivity index (χ4v) is 2.52. The average molecular weight is 277 g/mol. The van der Waals surface area contributed by atoms with Crippen molar-refractivity contribution in [1.82, 2.24) is 10.2 Å². The molecule has 0 saturated carbocycles. The summed E-state index contributed by atoms with van der Waals surface area (Å²) in [5, 5.41) is 7.29. The van der Waals surface area contributed by atoms with Gasteiger partial charge in [0.05, 0.1) is 0 Å². The number of hydrogen-bond donors (Lipinski definition) is 2. The van der Waals surface area contributed by atoms with Crippen molar-refractivity contribution in [2.45, 2.75) is 19.8 Å². The maximum Gasteiger partial charge on any atom is 0.170 e. The predicted molar refractivity (Wildman–Crippen MR) is 85.5 cm³/mol. The van der Waals surface area contributed by atoms with Crippen molar-refractivity contribution in [3.63, 3.8) is 0 Å². The smallest absolute Gasteiger partial charge is 0.170 e. The zero-order valence-corrected chi connectivity index (χ0v) is 12.6. The van der Waals surface area contributed by atoms with Crippen LogP contribution in [0.1, 0.15) is 19.8 Å². The summed E-state index contributed by atoms with van der Waals surface area (Å²) in [6, 6.07) is 10.0. The Kier molecular flexibility index (Phi) is 4.77. The Balaban J connectivity index is 1.77. The number of para-hydroxylation sites is 1. The van der Waals surface area contributed by atoms with E-state index in [1.54, 1.807) is 0 Å². The summed E-state index contributed by atoms with van der Waals surface area (Å²) in [5.41, 5.74) is 1.39. The molecule has 0 atom stereocenters. The van der Waals surface area contributed by atoms with Gasteiger partial charge in [-0.15, -0.1) is 0 Å². The second kappa shape index (κ2) is 6.35. The van der Waals surface area contributed by atoms with Crippen molar-refractivity contribution in [3.8, 4) is 0 Å². The van der Waals surface area contributed by atoms with E-state index >= 15 is 0 Å². The van der Waals surface area contributed by atoms with Gasteiger partial charge in [-0.25, -0.2) is 0 Å². The second-order valence-corrected chi connectivity index (χ2v) is 6.20. The topological polar surface area (TPSA) is 27.3 Å². The molecule has 2 N–H and O–H groups in total. The van der Waals surface area contributed by atoms with Gasteiger partial charge in [-0.2, -0.15) is 0 Å². The van der Waals surface area contributed by atoms with Crippen molar-refractivity contribution in [3.05, 3.63) is 30.3 Å². The molecule has 1 aromatic carbocycles. The number of nitrogens with zero attached hydrogens (tertiary/aromatic N) is 1. The molecule has 3 nitrogen and oxygen atoms in total. The van der Waals surface area contributed by atoms with E-state index in [1.807, 2.05) is 30.3 Å². The summed E-state index contributed by atoms with van der Waals surface area (Å²) in [7, 11) is 2.19. The Labute approximate surface area is 121 Å². The standard InChI is InChI=1S/C15H23N3S/c1-15(8-10-18(2)11-9-15)12-16-14(19)17-13-6-4-3-5-7-13/h3-7H,8-12H2,1-2H3,(H2,16,17,19). The maximum atomic E-state index is 5.34. The minimum absolute atomic E-state index is 0.356. The lowest BCUT2D eigenvalue weighted by Gasteiger charge is -2.38. The van der Waals surface area contributed by atoms with Crippen LogP contribution < -0.4 is 10.6 Å². The van der Waals surface area contributed by atoms with E-state index < -0.39 is 0 Å². The largest absolute Gasteiger partial charge is 0.362 e. The SMILES string of the molecule is CN1CCC(C)(CNC(=S)Nc2ccccc2)CC1. The molecule has 0 unspecified atom stereocenters. The first-order valence-electron chi connectivity index (χ1n) is 6.86. The highest BCUT2D eigenvalue weighted by Gasteiger charge is 2.28. The van der Waals surface area contributed by atoms with Crippen LogP contribution in [0.2, 0.25) is 0 Å². The van der Waals surface area contributed by atoms with Gasteiger partial charge in [0.25, 0.3) is 0 Å². The van der Waals surface area contributed by atoms with Gasteiger partial charge in [0, 0.05) is 12.2 Å². The van der Waals surface area contributed by atoms with Gasteiger partial charge in [0.2, 0.25) is 0 Å². The summed E-state index contributed by atoms with van der Waals surface area (Å²) in [4.78, 5) is 2.39. The van der Waals surface area contributed by atoms with Gasteiger partial charge in [-0.3, -0.25) is 0 Å². The van der Waals surface area contributed by atoms with Crippen LogP contribution in [0.15, 0.2) is 30.3 Å². The van der Waals surface area contributed by atoms with E-state index in [2.05, 4.69) is 29.5 Å². The Morgan fingerprint density at radius 1 is 1.26 bits per heavy atom. The lowest BCUT2D eigenvalue weighted by molar-refractivity contribution is 0.142. The molecule has 0 aromatic heterocycles. The molecule has 2 rings (SSSR count). The van der Waals surface area contributed by atoms with E-state index in [9.17, 15) is 0 Å². The highest BCUT2D eigenvalue weighted by atomic mass is 32.1. The van der Waals surface area contributed by atoms with Crippen LogP contribution in [0.3, 0.4) is 0 Å². The molecule has 0 amide bonds. The van der Waals surface area contributed by atoms with Crippen molar-refractivity contribution in [2.75, 3.05) is 32.0 Å². The molecule has 0 radical (unpaired) electrons. The second-order valence-electron chi connectivity index (χ2n) is 5.79. The van der Waals surface area contributed by atoms with Crippen LogP contribution >= 0.6 is 12.2 Å². The molecule has 1 aliphatic rings. The quantitative estimate of drug-likeness (QED) is 0.831. The van der Waals surface area contributed by atoms with Gasteiger partial charge < -0.3 is 15.5 Å². The van der Waals surface area contributed by atoms with Gasteiger partial charge in [-0.1, -0.05) is 25.1 Å². The van der Waals surface area contributed by atoms with E-state index in [0.29, 0.717) is 10.5 Å². The van der Waals surface area contributed by atoms with Crippen LogP contribution in [0.25, 0.3) is 0 Å². The normalized spacial score (nSPS) is 18.8. The molecular weight excluding hydrogens is 254 g/mol. The predicted octanol–water partition coefficient (Wildman–Crippen LogP) is 2.70. The molecule has 1 fully saturated rings. The molecular formula is C15H23N3S. The van der Waals surface area contributed by atoms with Crippen molar-refractivity contribution in [2.24, 2.45) is 5.41 Å². The lowest BCUT2D eigenvalue weighted by atomic mass is 9.80. The molecule has 0 aliphatic carbocycles. The van der Waals surface area contributed by atoms with Crippen LogP contribution in [0.4, 0.5) is 5.69 Å². The number of rotatable bonds is 3. The summed E-state index contributed by atoms with van der Waals surface area (Å²) in [6.07, 6.45) is 2.45. The van der Waals surface area contributed by atoms with Gasteiger partial charge >= 0.3 is 0 Å². The minimum atomic E-state index is 0.356. The molecule has 4 heteroatoms. The number of piperidine rings is 1. The van der Waals surface area contributed by atoms with Crippen LogP contribution in [-0.2, 0) is 0 Å². The average Bonchev–Trinajstić information content (AvgIpc) is 2.42. The number of anilines is 1. The fraction of sp³-hybridized carbons (Fsp3) is 0.533. The molecule has 1 saturated heterocycles. The van der Waals surface area contributed by atoms with Crippen molar-refractivity contribution < 1.29 is 0 Å². The Morgan fingerprint density at radius 2 is 1.89 bits per heavy atom. The first-order chi connectivity index (χ1) is 9.07. The summed E-state index contributed by atoms with van der Waals surface area (Å²) >= 11 is 5.34. The van der Waals surface area contributed by atoms with Gasteiger partial charge in [-0.05, 0) is 62.7 Å². The summed E-state index contributed by atoms with van der Waals surface area (Å²) in [5.74, 6) is 0. The molecule has 1 aromatic rings. The third-order valence-corrected chi connectivity index (χ3v) is 4.15. The van der Waals surface area contributed by atoms with E-state index in [0.717, 1.165) is 12.2 Å². The van der Waals surface area contributed by atoms with Gasteiger partial charge in [0.15, 0.2) is 5.11 Å². The molecule has 0 bridgehead atoms. The van der Waals surface area contributed by atoms with E-state index in [4.69, 9.17) is 12.2 Å². The number of nitrogens with one attached hydrogen (secondary N) is 2. The number of benzene rings is 1. The lowest BCUT2D eigenvalue weighted by Crippen LogP contribution is -2.44. The number of thiocarbonyl (C=S) groups is 1. The molecule has 19 heavy (non-hydrogen) atoms.